The Morgan fingerprint density at radius 3 is 2.33 bits per heavy atom. The molecule has 0 radical (unpaired) electrons. The van der Waals surface area contributed by atoms with Crippen LogP contribution in [0.2, 0.25) is 0 Å². The maximum absolute atomic E-state index is 5.10. The molecular weight excluding hydrogens is 350 g/mol. The van der Waals surface area contributed by atoms with Crippen LogP contribution in [0.5, 0.6) is 0 Å². The predicted octanol–water partition coefficient (Wildman–Crippen LogP) is 5.40. The first kappa shape index (κ1) is 19.7. The summed E-state index contributed by atoms with van der Waals surface area (Å²) in [6.07, 6.45) is 2.11. The third kappa shape index (κ3) is 4.12. The lowest BCUT2D eigenvalue weighted by molar-refractivity contribution is 0.271. The molecule has 2 heterocycles. The van der Waals surface area contributed by atoms with Gasteiger partial charge in [0.15, 0.2) is 0 Å². The van der Waals surface area contributed by atoms with E-state index in [4.69, 9.17) is 4.98 Å². The molecule has 3 nitrogen and oxygen atoms in total. The number of rotatable bonds is 4. The van der Waals surface area contributed by atoms with Gasteiger partial charge < -0.3 is 9.80 Å². The van der Waals surface area contributed by atoms with Crippen molar-refractivity contribution in [2.24, 2.45) is 0 Å². The van der Waals surface area contributed by atoms with Crippen molar-refractivity contribution >= 4 is 28.4 Å². The maximum Gasteiger partial charge on any atom is 0.137 e. The van der Waals surface area contributed by atoms with E-state index >= 15 is 0 Å². The number of hydrogen-bond donors (Lipinski definition) is 0. The molecule has 1 aliphatic heterocycles. The zero-order valence-corrected chi connectivity index (χ0v) is 16.3. The number of thioether (sulfide) groups is 1. The lowest BCUT2D eigenvalue weighted by Crippen LogP contribution is -2.46. The van der Waals surface area contributed by atoms with Gasteiger partial charge >= 0.3 is 0 Å². The highest BCUT2D eigenvalue weighted by molar-refractivity contribution is 7.98. The van der Waals surface area contributed by atoms with Crippen LogP contribution in [0.3, 0.4) is 0 Å². The van der Waals surface area contributed by atoms with Gasteiger partial charge in [0, 0.05) is 42.0 Å². The molecule has 142 valence electrons. The zero-order valence-electron chi connectivity index (χ0n) is 15.5. The molecule has 0 unspecified atom stereocenters. The highest BCUT2D eigenvalue weighted by atomic mass is 32.2. The Labute approximate surface area is 167 Å². The molecule has 4 rings (SSSR count). The van der Waals surface area contributed by atoms with Crippen LogP contribution in [0.25, 0.3) is 22.0 Å². The summed E-state index contributed by atoms with van der Waals surface area (Å²) in [7, 11) is 0. The second kappa shape index (κ2) is 8.77. The second-order valence-electron chi connectivity index (χ2n) is 6.70. The van der Waals surface area contributed by atoms with Crippen molar-refractivity contribution in [1.29, 1.82) is 0 Å². The van der Waals surface area contributed by atoms with E-state index in [9.17, 15) is 0 Å². The van der Waals surface area contributed by atoms with Crippen molar-refractivity contribution in [1.82, 2.24) is 9.88 Å². The summed E-state index contributed by atoms with van der Waals surface area (Å²) in [6.45, 7) is 7.67. The number of pyridine rings is 1. The first-order valence-electron chi connectivity index (χ1n) is 9.30. The van der Waals surface area contributed by atoms with E-state index in [-0.39, 0.29) is 7.43 Å². The third-order valence-electron chi connectivity index (χ3n) is 5.23. The Bertz CT molecular complexity index is 884. The van der Waals surface area contributed by atoms with Crippen molar-refractivity contribution < 1.29 is 0 Å². The van der Waals surface area contributed by atoms with Crippen LogP contribution in [-0.2, 0) is 0 Å². The second-order valence-corrected chi connectivity index (χ2v) is 7.58. The fraction of sp³-hybridized carbons (Fsp3) is 0.348. The van der Waals surface area contributed by atoms with Gasteiger partial charge in [-0.3, -0.25) is 0 Å². The number of likely N-dealkylation sites (N-methyl/N-ethyl adjacent to an activating group) is 1. The maximum atomic E-state index is 5.10. The standard InChI is InChI=1S/C22H25N3S.CH4/c1-3-24-12-14-25(15-13-24)22-20-7-5-4-6-18(20)16-21(23-22)17-8-10-19(26-2)11-9-17;/h4-11,16H,3,12-15H2,1-2H3;1H4. The van der Waals surface area contributed by atoms with Crippen LogP contribution < -0.4 is 4.90 Å². The smallest absolute Gasteiger partial charge is 0.137 e. The van der Waals surface area contributed by atoms with E-state index < -0.39 is 0 Å². The van der Waals surface area contributed by atoms with E-state index in [1.54, 1.807) is 11.8 Å². The molecule has 0 N–H and O–H groups in total. The van der Waals surface area contributed by atoms with E-state index in [1.807, 2.05) is 0 Å². The summed E-state index contributed by atoms with van der Waals surface area (Å²) in [4.78, 5) is 11.3. The van der Waals surface area contributed by atoms with Crippen molar-refractivity contribution in [3.8, 4) is 11.3 Å². The van der Waals surface area contributed by atoms with Crippen LogP contribution in [0.15, 0.2) is 59.5 Å². The van der Waals surface area contributed by atoms with Crippen molar-refractivity contribution in [3.63, 3.8) is 0 Å². The zero-order chi connectivity index (χ0) is 17.9. The van der Waals surface area contributed by atoms with Gasteiger partial charge in [0.2, 0.25) is 0 Å². The van der Waals surface area contributed by atoms with Crippen molar-refractivity contribution in [2.75, 3.05) is 43.9 Å². The van der Waals surface area contributed by atoms with Crippen molar-refractivity contribution in [3.05, 3.63) is 54.6 Å². The third-order valence-corrected chi connectivity index (χ3v) is 5.97. The van der Waals surface area contributed by atoms with Gasteiger partial charge in [-0.1, -0.05) is 50.7 Å². The number of benzene rings is 2. The number of nitrogens with zero attached hydrogens (tertiary/aromatic N) is 3. The number of piperazine rings is 1. The molecule has 1 saturated heterocycles. The molecular formula is C23H29N3S. The molecule has 1 fully saturated rings. The molecule has 0 aliphatic carbocycles. The average Bonchev–Trinajstić information content (AvgIpc) is 2.73. The van der Waals surface area contributed by atoms with Gasteiger partial charge in [0.1, 0.15) is 5.82 Å². The Balaban J connectivity index is 0.00000210. The molecule has 0 saturated carbocycles. The molecule has 0 atom stereocenters. The number of aromatic nitrogens is 1. The van der Waals surface area contributed by atoms with E-state index in [0.717, 1.165) is 44.2 Å². The van der Waals surface area contributed by atoms with Gasteiger partial charge in [-0.2, -0.15) is 0 Å². The molecule has 1 aromatic heterocycles. The average molecular weight is 380 g/mol. The topological polar surface area (TPSA) is 19.4 Å². The predicted molar refractivity (Wildman–Crippen MR) is 120 cm³/mol. The number of fused-ring (bicyclic) bond motifs is 1. The fourth-order valence-electron chi connectivity index (χ4n) is 3.61. The summed E-state index contributed by atoms with van der Waals surface area (Å²) < 4.78 is 0. The van der Waals surface area contributed by atoms with Gasteiger partial charge in [0.05, 0.1) is 5.69 Å². The first-order chi connectivity index (χ1) is 12.8. The highest BCUT2D eigenvalue weighted by Gasteiger charge is 2.19. The highest BCUT2D eigenvalue weighted by Crippen LogP contribution is 2.31. The van der Waals surface area contributed by atoms with Gasteiger partial charge in [-0.15, -0.1) is 11.8 Å². The van der Waals surface area contributed by atoms with Gasteiger partial charge in [-0.25, -0.2) is 4.98 Å². The normalized spacial score (nSPS) is 15.0. The molecule has 1 aliphatic rings. The Morgan fingerprint density at radius 1 is 0.963 bits per heavy atom. The number of hydrogen-bond acceptors (Lipinski definition) is 4. The Hall–Kier alpha value is -2.04. The summed E-state index contributed by atoms with van der Waals surface area (Å²) in [5, 5.41) is 2.52. The quantitative estimate of drug-likeness (QED) is 0.565. The van der Waals surface area contributed by atoms with Crippen LogP contribution in [-0.4, -0.2) is 48.9 Å². The van der Waals surface area contributed by atoms with Crippen LogP contribution in [0, 0.1) is 0 Å². The van der Waals surface area contributed by atoms with Gasteiger partial charge in [-0.05, 0) is 36.4 Å². The van der Waals surface area contributed by atoms with Crippen LogP contribution in [0.4, 0.5) is 5.82 Å². The minimum absolute atomic E-state index is 0. The molecule has 27 heavy (non-hydrogen) atoms. The minimum Gasteiger partial charge on any atom is -0.354 e. The summed E-state index contributed by atoms with van der Waals surface area (Å²) >= 11 is 1.77. The van der Waals surface area contributed by atoms with Crippen LogP contribution in [0.1, 0.15) is 14.4 Å². The monoisotopic (exact) mass is 379 g/mol. The van der Waals surface area contributed by atoms with E-state index in [0.29, 0.717) is 0 Å². The molecule has 3 aromatic rings. The van der Waals surface area contributed by atoms with Crippen molar-refractivity contribution in [2.45, 2.75) is 19.2 Å². The number of anilines is 1. The minimum atomic E-state index is 0. The SMILES string of the molecule is C.CCN1CCN(c2nc(-c3ccc(SC)cc3)cc3ccccc23)CC1. The lowest BCUT2D eigenvalue weighted by Gasteiger charge is -2.35. The fourth-order valence-corrected chi connectivity index (χ4v) is 4.02. The Morgan fingerprint density at radius 2 is 1.67 bits per heavy atom. The van der Waals surface area contributed by atoms with Crippen LogP contribution >= 0.6 is 11.8 Å². The summed E-state index contributed by atoms with van der Waals surface area (Å²) in [6, 6.07) is 19.6. The van der Waals surface area contributed by atoms with E-state index in [2.05, 4.69) is 77.6 Å². The molecule has 2 aromatic carbocycles. The molecule has 4 heteroatoms. The molecule has 0 amide bonds. The molecule has 0 spiro atoms. The lowest BCUT2D eigenvalue weighted by atomic mass is 10.1. The molecule has 0 bridgehead atoms. The van der Waals surface area contributed by atoms with Gasteiger partial charge in [0.25, 0.3) is 0 Å². The summed E-state index contributed by atoms with van der Waals surface area (Å²) in [5.74, 6) is 1.13. The first-order valence-corrected chi connectivity index (χ1v) is 10.5. The van der Waals surface area contributed by atoms with E-state index in [1.165, 1.54) is 21.2 Å². The largest absolute Gasteiger partial charge is 0.354 e. The summed E-state index contributed by atoms with van der Waals surface area (Å²) in [5.41, 5.74) is 2.24. The Kier molecular flexibility index (Phi) is 6.40.